The molecule has 0 spiro atoms. The Bertz CT molecular complexity index is 294. The Morgan fingerprint density at radius 3 is 2.72 bits per heavy atom. The maximum atomic E-state index is 11.6. The molecule has 1 saturated heterocycles. The molecule has 104 valence electrons. The van der Waals surface area contributed by atoms with Gasteiger partial charge in [0.25, 0.3) is 0 Å². The van der Waals surface area contributed by atoms with E-state index < -0.39 is 6.03 Å². The fourth-order valence-corrected chi connectivity index (χ4v) is 2.50. The number of amides is 3. The summed E-state index contributed by atoms with van der Waals surface area (Å²) in [7, 11) is 0. The van der Waals surface area contributed by atoms with Gasteiger partial charge in [0, 0.05) is 12.1 Å². The van der Waals surface area contributed by atoms with Gasteiger partial charge in [-0.05, 0) is 32.7 Å². The molecule has 0 aromatic rings. The van der Waals surface area contributed by atoms with Crippen molar-refractivity contribution in [2.75, 3.05) is 13.1 Å². The minimum atomic E-state index is -0.793. The average molecular weight is 256 g/mol. The molecule has 0 aliphatic carbocycles. The second-order valence-corrected chi connectivity index (χ2v) is 5.10. The largest absolute Gasteiger partial charge is 0.351 e. The molecule has 1 aliphatic rings. The summed E-state index contributed by atoms with van der Waals surface area (Å²) in [6.07, 6.45) is 5.38. The Morgan fingerprint density at radius 1 is 1.39 bits per heavy atom. The lowest BCUT2D eigenvalue weighted by Gasteiger charge is -2.30. The summed E-state index contributed by atoms with van der Waals surface area (Å²) in [6.45, 7) is 3.08. The van der Waals surface area contributed by atoms with Crippen LogP contribution in [-0.2, 0) is 4.79 Å². The van der Waals surface area contributed by atoms with Crippen molar-refractivity contribution in [1.29, 1.82) is 0 Å². The van der Waals surface area contributed by atoms with E-state index >= 15 is 0 Å². The highest BCUT2D eigenvalue weighted by Gasteiger charge is 2.24. The van der Waals surface area contributed by atoms with Crippen molar-refractivity contribution < 1.29 is 9.59 Å². The molecule has 0 radical (unpaired) electrons. The van der Waals surface area contributed by atoms with E-state index in [-0.39, 0.29) is 18.5 Å². The van der Waals surface area contributed by atoms with Gasteiger partial charge in [-0.3, -0.25) is 15.0 Å². The number of nitrogens with two attached hydrogens (primary N) is 2. The molecule has 1 aliphatic heterocycles. The molecule has 1 heterocycles. The third-order valence-electron chi connectivity index (χ3n) is 3.25. The Labute approximate surface area is 108 Å². The van der Waals surface area contributed by atoms with Crippen LogP contribution in [0.1, 0.15) is 39.0 Å². The first-order valence-electron chi connectivity index (χ1n) is 6.58. The molecule has 1 rings (SSSR count). The second kappa shape index (κ2) is 7.33. The Hall–Kier alpha value is -1.14. The van der Waals surface area contributed by atoms with Gasteiger partial charge in [0.1, 0.15) is 0 Å². The normalized spacial score (nSPS) is 23.1. The monoisotopic (exact) mass is 256 g/mol. The number of carbonyl (C=O) groups excluding carboxylic acids is 2. The Kier molecular flexibility index (Phi) is 6.07. The van der Waals surface area contributed by atoms with Gasteiger partial charge in [0.15, 0.2) is 0 Å². The van der Waals surface area contributed by atoms with Gasteiger partial charge < -0.3 is 11.5 Å². The van der Waals surface area contributed by atoms with Gasteiger partial charge in [-0.2, -0.15) is 0 Å². The van der Waals surface area contributed by atoms with Crippen LogP contribution in [0.5, 0.6) is 0 Å². The molecule has 3 amide bonds. The zero-order chi connectivity index (χ0) is 13.5. The van der Waals surface area contributed by atoms with Crippen LogP contribution in [0.2, 0.25) is 0 Å². The van der Waals surface area contributed by atoms with E-state index in [1.54, 1.807) is 0 Å². The van der Waals surface area contributed by atoms with E-state index in [9.17, 15) is 9.59 Å². The zero-order valence-electron chi connectivity index (χ0n) is 11.0. The first-order valence-corrected chi connectivity index (χ1v) is 6.58. The summed E-state index contributed by atoms with van der Waals surface area (Å²) in [5.74, 6) is -0.334. The average Bonchev–Trinajstić information content (AvgIpc) is 2.42. The maximum Gasteiger partial charge on any atom is 0.318 e. The molecule has 0 aromatic carbocycles. The summed E-state index contributed by atoms with van der Waals surface area (Å²) < 4.78 is 0. The van der Waals surface area contributed by atoms with E-state index in [2.05, 4.69) is 10.2 Å². The third-order valence-corrected chi connectivity index (χ3v) is 3.25. The van der Waals surface area contributed by atoms with Crippen LogP contribution in [0.25, 0.3) is 0 Å². The zero-order valence-corrected chi connectivity index (χ0v) is 11.0. The number of hydrogen-bond donors (Lipinski definition) is 3. The standard InChI is InChI=1S/C12H24N4O2/c1-9(13)7-10-5-3-2-4-6-16(10)8-11(17)15-12(14)18/h9-10H,2-8,13H2,1H3,(H3,14,15,17,18). The molecule has 2 atom stereocenters. The summed E-state index contributed by atoms with van der Waals surface area (Å²) >= 11 is 0. The quantitative estimate of drug-likeness (QED) is 0.667. The van der Waals surface area contributed by atoms with E-state index in [0.29, 0.717) is 6.04 Å². The minimum absolute atomic E-state index is 0.120. The van der Waals surface area contributed by atoms with Gasteiger partial charge in [-0.1, -0.05) is 12.8 Å². The summed E-state index contributed by atoms with van der Waals surface area (Å²) in [5, 5.41) is 2.11. The van der Waals surface area contributed by atoms with Crippen molar-refractivity contribution in [1.82, 2.24) is 10.2 Å². The molecule has 18 heavy (non-hydrogen) atoms. The van der Waals surface area contributed by atoms with Crippen LogP contribution in [0.15, 0.2) is 0 Å². The van der Waals surface area contributed by atoms with Crippen molar-refractivity contribution >= 4 is 11.9 Å². The molecule has 5 N–H and O–H groups in total. The first-order chi connectivity index (χ1) is 8.49. The van der Waals surface area contributed by atoms with Crippen LogP contribution >= 0.6 is 0 Å². The number of urea groups is 1. The van der Waals surface area contributed by atoms with Crippen LogP contribution in [0, 0.1) is 0 Å². The highest BCUT2D eigenvalue weighted by atomic mass is 16.2. The molecular weight excluding hydrogens is 232 g/mol. The van der Waals surface area contributed by atoms with Crippen LogP contribution < -0.4 is 16.8 Å². The number of hydrogen-bond acceptors (Lipinski definition) is 4. The number of imide groups is 1. The first kappa shape index (κ1) is 14.9. The Morgan fingerprint density at radius 2 is 2.11 bits per heavy atom. The number of nitrogens with one attached hydrogen (secondary N) is 1. The molecule has 0 saturated carbocycles. The van der Waals surface area contributed by atoms with Crippen molar-refractivity contribution in [3.63, 3.8) is 0 Å². The number of rotatable bonds is 4. The number of nitrogens with zero attached hydrogens (tertiary/aromatic N) is 1. The number of likely N-dealkylation sites (tertiary alicyclic amines) is 1. The number of primary amides is 1. The fourth-order valence-electron chi connectivity index (χ4n) is 2.50. The van der Waals surface area contributed by atoms with Gasteiger partial charge in [0.05, 0.1) is 6.54 Å². The van der Waals surface area contributed by atoms with Crippen LogP contribution in [0.3, 0.4) is 0 Å². The minimum Gasteiger partial charge on any atom is -0.351 e. The third kappa shape index (κ3) is 5.46. The van der Waals surface area contributed by atoms with E-state index in [0.717, 1.165) is 25.8 Å². The highest BCUT2D eigenvalue weighted by Crippen LogP contribution is 2.19. The summed E-state index contributed by atoms with van der Waals surface area (Å²) in [4.78, 5) is 24.3. The van der Waals surface area contributed by atoms with Gasteiger partial charge in [-0.25, -0.2) is 4.79 Å². The smallest absolute Gasteiger partial charge is 0.318 e. The van der Waals surface area contributed by atoms with E-state index in [4.69, 9.17) is 11.5 Å². The topological polar surface area (TPSA) is 101 Å². The fraction of sp³-hybridized carbons (Fsp3) is 0.833. The highest BCUT2D eigenvalue weighted by molar-refractivity contribution is 5.94. The molecule has 6 nitrogen and oxygen atoms in total. The lowest BCUT2D eigenvalue weighted by molar-refractivity contribution is -0.121. The predicted molar refractivity (Wildman–Crippen MR) is 69.8 cm³/mol. The van der Waals surface area contributed by atoms with Crippen LogP contribution in [-0.4, -0.2) is 42.0 Å². The van der Waals surface area contributed by atoms with E-state index in [1.807, 2.05) is 6.92 Å². The van der Waals surface area contributed by atoms with Crippen molar-refractivity contribution in [3.8, 4) is 0 Å². The molecule has 0 bridgehead atoms. The van der Waals surface area contributed by atoms with Gasteiger partial charge in [0.2, 0.25) is 5.91 Å². The summed E-state index contributed by atoms with van der Waals surface area (Å²) in [5.41, 5.74) is 10.8. The van der Waals surface area contributed by atoms with Gasteiger partial charge in [-0.15, -0.1) is 0 Å². The van der Waals surface area contributed by atoms with Crippen molar-refractivity contribution in [3.05, 3.63) is 0 Å². The van der Waals surface area contributed by atoms with Gasteiger partial charge >= 0.3 is 6.03 Å². The maximum absolute atomic E-state index is 11.6. The summed E-state index contributed by atoms with van der Waals surface area (Å²) in [6, 6.07) is -0.348. The molecular formula is C12H24N4O2. The SMILES string of the molecule is CC(N)CC1CCCCCN1CC(=O)NC(N)=O. The van der Waals surface area contributed by atoms with Crippen molar-refractivity contribution in [2.45, 2.75) is 51.1 Å². The second-order valence-electron chi connectivity index (χ2n) is 5.10. The number of carbonyl (C=O) groups is 2. The molecule has 0 aromatic heterocycles. The van der Waals surface area contributed by atoms with Crippen molar-refractivity contribution in [2.24, 2.45) is 11.5 Å². The molecule has 6 heteroatoms. The Balaban J connectivity index is 2.55. The predicted octanol–water partition coefficient (Wildman–Crippen LogP) is 0.163. The lowest BCUT2D eigenvalue weighted by atomic mass is 10.0. The lowest BCUT2D eigenvalue weighted by Crippen LogP contribution is -2.46. The van der Waals surface area contributed by atoms with Crippen LogP contribution in [0.4, 0.5) is 4.79 Å². The molecule has 2 unspecified atom stereocenters. The molecule has 1 fully saturated rings. The van der Waals surface area contributed by atoms with E-state index in [1.165, 1.54) is 12.8 Å².